The molecule has 0 heterocycles. The van der Waals surface area contributed by atoms with E-state index in [1.165, 1.54) is 5.56 Å². The summed E-state index contributed by atoms with van der Waals surface area (Å²) in [5.74, 6) is 0.699. The standard InChI is InChI=1S/C14H21NO3/c1-10-4-5-13(11(2)8-10)18-7-6-14(17)15-12(3)9-16/h4-5,8,12,16H,6-7,9H2,1-3H3,(H,15,17)/t12-/m1/s1. The highest BCUT2D eigenvalue weighted by Crippen LogP contribution is 2.18. The van der Waals surface area contributed by atoms with Crippen molar-refractivity contribution < 1.29 is 14.6 Å². The third kappa shape index (κ3) is 4.75. The number of ether oxygens (including phenoxy) is 1. The van der Waals surface area contributed by atoms with Gasteiger partial charge in [-0.3, -0.25) is 4.79 Å². The number of rotatable bonds is 6. The first-order chi connectivity index (χ1) is 8.52. The van der Waals surface area contributed by atoms with Gasteiger partial charge in [0, 0.05) is 6.04 Å². The molecular formula is C14H21NO3. The van der Waals surface area contributed by atoms with Crippen molar-refractivity contribution >= 4 is 5.91 Å². The van der Waals surface area contributed by atoms with Crippen molar-refractivity contribution in [3.63, 3.8) is 0 Å². The van der Waals surface area contributed by atoms with Gasteiger partial charge in [-0.15, -0.1) is 0 Å². The van der Waals surface area contributed by atoms with Crippen LogP contribution in [-0.2, 0) is 4.79 Å². The maximum Gasteiger partial charge on any atom is 0.223 e. The lowest BCUT2D eigenvalue weighted by atomic mass is 10.1. The van der Waals surface area contributed by atoms with Crippen LogP contribution in [-0.4, -0.2) is 30.3 Å². The number of amides is 1. The maximum absolute atomic E-state index is 11.4. The van der Waals surface area contributed by atoms with Crippen molar-refractivity contribution in [3.8, 4) is 5.75 Å². The zero-order valence-electron chi connectivity index (χ0n) is 11.2. The third-order valence-electron chi connectivity index (χ3n) is 2.60. The van der Waals surface area contributed by atoms with E-state index in [1.807, 2.05) is 32.0 Å². The predicted molar refractivity (Wildman–Crippen MR) is 70.7 cm³/mol. The fourth-order valence-corrected chi connectivity index (χ4v) is 1.61. The molecule has 0 aliphatic carbocycles. The van der Waals surface area contributed by atoms with E-state index in [0.29, 0.717) is 6.61 Å². The van der Waals surface area contributed by atoms with Crippen LogP contribution in [0.2, 0.25) is 0 Å². The first-order valence-corrected chi connectivity index (χ1v) is 6.13. The van der Waals surface area contributed by atoms with Crippen molar-refractivity contribution in [2.75, 3.05) is 13.2 Å². The van der Waals surface area contributed by atoms with E-state index in [0.717, 1.165) is 11.3 Å². The largest absolute Gasteiger partial charge is 0.493 e. The van der Waals surface area contributed by atoms with Crippen molar-refractivity contribution in [2.45, 2.75) is 33.2 Å². The van der Waals surface area contributed by atoms with Gasteiger partial charge in [-0.25, -0.2) is 0 Å². The first-order valence-electron chi connectivity index (χ1n) is 6.13. The van der Waals surface area contributed by atoms with Gasteiger partial charge in [0.15, 0.2) is 0 Å². The van der Waals surface area contributed by atoms with Gasteiger partial charge in [0.25, 0.3) is 0 Å². The molecule has 0 saturated heterocycles. The minimum absolute atomic E-state index is 0.0519. The monoisotopic (exact) mass is 251 g/mol. The molecule has 100 valence electrons. The Morgan fingerprint density at radius 3 is 2.78 bits per heavy atom. The Labute approximate surface area is 108 Å². The van der Waals surface area contributed by atoms with E-state index >= 15 is 0 Å². The molecule has 0 saturated carbocycles. The molecule has 0 spiro atoms. The Balaban J connectivity index is 2.35. The van der Waals surface area contributed by atoms with Gasteiger partial charge in [-0.1, -0.05) is 17.7 Å². The highest BCUT2D eigenvalue weighted by molar-refractivity contribution is 5.76. The molecule has 0 aliphatic heterocycles. The molecule has 0 fully saturated rings. The van der Waals surface area contributed by atoms with Crippen LogP contribution in [0.15, 0.2) is 18.2 Å². The second-order valence-corrected chi connectivity index (χ2v) is 4.52. The Kier molecular flexibility index (Phi) is 5.65. The van der Waals surface area contributed by atoms with Crippen LogP contribution >= 0.6 is 0 Å². The summed E-state index contributed by atoms with van der Waals surface area (Å²) < 4.78 is 5.55. The number of carbonyl (C=O) groups is 1. The summed E-state index contributed by atoms with van der Waals surface area (Å²) in [4.78, 5) is 11.4. The van der Waals surface area contributed by atoms with E-state index in [1.54, 1.807) is 6.92 Å². The number of aliphatic hydroxyl groups excluding tert-OH is 1. The van der Waals surface area contributed by atoms with Crippen LogP contribution in [0.25, 0.3) is 0 Å². The highest BCUT2D eigenvalue weighted by atomic mass is 16.5. The lowest BCUT2D eigenvalue weighted by Gasteiger charge is -2.12. The summed E-state index contributed by atoms with van der Waals surface area (Å²) >= 11 is 0. The lowest BCUT2D eigenvalue weighted by Crippen LogP contribution is -2.35. The summed E-state index contributed by atoms with van der Waals surface area (Å²) in [6, 6.07) is 5.73. The number of nitrogens with one attached hydrogen (secondary N) is 1. The summed E-state index contributed by atoms with van der Waals surface area (Å²) in [7, 11) is 0. The minimum atomic E-state index is -0.210. The van der Waals surface area contributed by atoms with E-state index in [9.17, 15) is 4.79 Å². The fourth-order valence-electron chi connectivity index (χ4n) is 1.61. The molecule has 0 bridgehead atoms. The molecule has 4 nitrogen and oxygen atoms in total. The second kappa shape index (κ2) is 7.01. The van der Waals surface area contributed by atoms with Gasteiger partial charge < -0.3 is 15.2 Å². The van der Waals surface area contributed by atoms with Gasteiger partial charge in [0.1, 0.15) is 5.75 Å². The molecule has 1 amide bonds. The highest BCUT2D eigenvalue weighted by Gasteiger charge is 2.06. The van der Waals surface area contributed by atoms with E-state index in [4.69, 9.17) is 9.84 Å². The average Bonchev–Trinajstić information content (AvgIpc) is 2.31. The SMILES string of the molecule is Cc1ccc(OCCC(=O)N[C@H](C)CO)c(C)c1. The van der Waals surface area contributed by atoms with Crippen LogP contribution in [0, 0.1) is 13.8 Å². The van der Waals surface area contributed by atoms with Gasteiger partial charge in [-0.2, -0.15) is 0 Å². The van der Waals surface area contributed by atoms with Gasteiger partial charge in [0.2, 0.25) is 5.91 Å². The molecule has 18 heavy (non-hydrogen) atoms. The van der Waals surface area contributed by atoms with Crippen LogP contribution in [0.1, 0.15) is 24.5 Å². The molecule has 0 aliphatic rings. The van der Waals surface area contributed by atoms with Gasteiger partial charge in [-0.05, 0) is 32.4 Å². The average molecular weight is 251 g/mol. The number of benzene rings is 1. The summed E-state index contributed by atoms with van der Waals surface area (Å²) in [5.41, 5.74) is 2.26. The summed E-state index contributed by atoms with van der Waals surface area (Å²) in [6.45, 7) is 6.05. The second-order valence-electron chi connectivity index (χ2n) is 4.52. The van der Waals surface area contributed by atoms with E-state index in [2.05, 4.69) is 5.32 Å². The smallest absolute Gasteiger partial charge is 0.223 e. The quantitative estimate of drug-likeness (QED) is 0.807. The maximum atomic E-state index is 11.4. The Morgan fingerprint density at radius 1 is 1.44 bits per heavy atom. The van der Waals surface area contributed by atoms with Gasteiger partial charge in [0.05, 0.1) is 19.6 Å². The zero-order chi connectivity index (χ0) is 13.5. The minimum Gasteiger partial charge on any atom is -0.493 e. The first kappa shape index (κ1) is 14.5. The van der Waals surface area contributed by atoms with Crippen molar-refractivity contribution in [2.24, 2.45) is 0 Å². The molecule has 0 unspecified atom stereocenters. The number of aliphatic hydroxyl groups is 1. The number of aryl methyl sites for hydroxylation is 2. The van der Waals surface area contributed by atoms with Crippen molar-refractivity contribution in [1.82, 2.24) is 5.32 Å². The predicted octanol–water partition coefficient (Wildman–Crippen LogP) is 1.57. The molecule has 2 N–H and O–H groups in total. The molecule has 1 aromatic carbocycles. The molecular weight excluding hydrogens is 230 g/mol. The molecule has 0 aromatic heterocycles. The number of carbonyl (C=O) groups excluding carboxylic acids is 1. The van der Waals surface area contributed by atoms with Crippen LogP contribution in [0.5, 0.6) is 5.75 Å². The third-order valence-corrected chi connectivity index (χ3v) is 2.60. The fraction of sp³-hybridized carbons (Fsp3) is 0.500. The molecule has 4 heteroatoms. The number of hydrogen-bond acceptors (Lipinski definition) is 3. The number of hydrogen-bond donors (Lipinski definition) is 2. The summed E-state index contributed by atoms with van der Waals surface area (Å²) in [6.07, 6.45) is 0.289. The lowest BCUT2D eigenvalue weighted by molar-refractivity contribution is -0.122. The Bertz CT molecular complexity index is 404. The van der Waals surface area contributed by atoms with E-state index < -0.39 is 0 Å². The summed E-state index contributed by atoms with van der Waals surface area (Å²) in [5, 5.41) is 11.5. The van der Waals surface area contributed by atoms with Crippen molar-refractivity contribution in [3.05, 3.63) is 29.3 Å². The van der Waals surface area contributed by atoms with Crippen LogP contribution in [0.4, 0.5) is 0 Å². The van der Waals surface area contributed by atoms with Crippen LogP contribution < -0.4 is 10.1 Å². The normalized spacial score (nSPS) is 12.0. The zero-order valence-corrected chi connectivity index (χ0v) is 11.2. The topological polar surface area (TPSA) is 58.6 Å². The van der Waals surface area contributed by atoms with Crippen molar-refractivity contribution in [1.29, 1.82) is 0 Å². The van der Waals surface area contributed by atoms with E-state index in [-0.39, 0.29) is 25.0 Å². The molecule has 0 radical (unpaired) electrons. The Morgan fingerprint density at radius 2 is 2.17 bits per heavy atom. The van der Waals surface area contributed by atoms with Gasteiger partial charge >= 0.3 is 0 Å². The van der Waals surface area contributed by atoms with Crippen LogP contribution in [0.3, 0.4) is 0 Å². The molecule has 1 rings (SSSR count). The molecule has 1 atom stereocenters. The molecule has 1 aromatic rings. The Hall–Kier alpha value is -1.55.